The van der Waals surface area contributed by atoms with Crippen LogP contribution in [0.15, 0.2) is 42.5 Å². The Balaban J connectivity index is 1.52. The van der Waals surface area contributed by atoms with Crippen molar-refractivity contribution in [3.8, 4) is 5.75 Å². The first-order chi connectivity index (χ1) is 14.7. The summed E-state index contributed by atoms with van der Waals surface area (Å²) in [5.41, 5.74) is 4.33. The van der Waals surface area contributed by atoms with E-state index in [1.54, 1.807) is 0 Å². The van der Waals surface area contributed by atoms with Crippen molar-refractivity contribution in [1.29, 1.82) is 0 Å². The Hall–Kier alpha value is -2.82. The lowest BCUT2D eigenvalue weighted by atomic mass is 10.1. The van der Waals surface area contributed by atoms with Gasteiger partial charge in [0, 0.05) is 31.0 Å². The third-order valence-electron chi connectivity index (χ3n) is 6.11. The number of amides is 1. The summed E-state index contributed by atoms with van der Waals surface area (Å²) in [6.07, 6.45) is 1.41. The molecule has 0 radical (unpaired) electrons. The fourth-order valence-corrected chi connectivity index (χ4v) is 4.44. The molecule has 4 rings (SSSR count). The molecule has 0 unspecified atom stereocenters. The van der Waals surface area contributed by atoms with E-state index < -0.39 is 0 Å². The van der Waals surface area contributed by atoms with Crippen molar-refractivity contribution in [3.63, 3.8) is 0 Å². The van der Waals surface area contributed by atoms with E-state index in [9.17, 15) is 4.79 Å². The van der Waals surface area contributed by atoms with E-state index in [0.29, 0.717) is 13.0 Å². The number of aromatic nitrogens is 2. The molecule has 5 heteroatoms. The second-order valence-corrected chi connectivity index (χ2v) is 9.66. The van der Waals surface area contributed by atoms with Gasteiger partial charge in [-0.2, -0.15) is 0 Å². The predicted molar refractivity (Wildman–Crippen MR) is 125 cm³/mol. The van der Waals surface area contributed by atoms with Gasteiger partial charge in [0.15, 0.2) is 0 Å². The molecule has 3 aromatic rings. The largest absolute Gasteiger partial charge is 0.493 e. The highest BCUT2D eigenvalue weighted by atomic mass is 16.5. The van der Waals surface area contributed by atoms with Crippen LogP contribution < -0.4 is 4.74 Å². The van der Waals surface area contributed by atoms with Gasteiger partial charge in [0.25, 0.3) is 0 Å². The molecule has 1 atom stereocenters. The quantitative estimate of drug-likeness (QED) is 0.514. The molecule has 2 aromatic carbocycles. The molecule has 31 heavy (non-hydrogen) atoms. The number of likely N-dealkylation sites (tertiary alicyclic amines) is 1. The average Bonchev–Trinajstić information content (AvgIpc) is 3.28. The van der Waals surface area contributed by atoms with E-state index >= 15 is 0 Å². The van der Waals surface area contributed by atoms with Gasteiger partial charge in [-0.3, -0.25) is 4.79 Å². The lowest BCUT2D eigenvalue weighted by Crippen LogP contribution is -2.42. The molecular formula is C26H33N3O2. The van der Waals surface area contributed by atoms with Crippen LogP contribution in [-0.4, -0.2) is 39.0 Å². The number of para-hydroxylation sites is 2. The summed E-state index contributed by atoms with van der Waals surface area (Å²) >= 11 is 0. The number of imidazole rings is 1. The van der Waals surface area contributed by atoms with Crippen LogP contribution in [0.3, 0.4) is 0 Å². The molecule has 0 bridgehead atoms. The van der Waals surface area contributed by atoms with Gasteiger partial charge >= 0.3 is 0 Å². The van der Waals surface area contributed by atoms with Gasteiger partial charge in [0.05, 0.1) is 17.6 Å². The number of nitrogens with zero attached hydrogens (tertiary/aromatic N) is 3. The highest BCUT2D eigenvalue weighted by Gasteiger charge is 2.38. The molecule has 1 aromatic heterocycles. The number of rotatable bonds is 6. The van der Waals surface area contributed by atoms with Crippen LogP contribution in [0.5, 0.6) is 5.75 Å². The molecule has 1 fully saturated rings. The zero-order chi connectivity index (χ0) is 22.2. The summed E-state index contributed by atoms with van der Waals surface area (Å²) in [4.78, 5) is 19.6. The maximum absolute atomic E-state index is 12.7. The standard InChI is InChI=1S/C26H33N3O2/c1-18-11-12-19(2)23(15-18)31-14-8-13-28-22-10-7-6-9-21(22)27-25(28)20-16-24(30)29(17-20)26(3,4)5/h6-7,9-12,15,20H,8,13-14,16-17H2,1-5H3/t20-/m0/s1. The molecule has 0 N–H and O–H groups in total. The summed E-state index contributed by atoms with van der Waals surface area (Å²) < 4.78 is 8.37. The second-order valence-electron chi connectivity index (χ2n) is 9.66. The van der Waals surface area contributed by atoms with Gasteiger partial charge in [0.1, 0.15) is 11.6 Å². The van der Waals surface area contributed by atoms with Crippen molar-refractivity contribution >= 4 is 16.9 Å². The molecule has 2 heterocycles. The first-order valence-electron chi connectivity index (χ1n) is 11.2. The van der Waals surface area contributed by atoms with Crippen molar-refractivity contribution in [2.45, 2.75) is 65.5 Å². The Kier molecular flexibility index (Phi) is 5.78. The molecule has 0 saturated carbocycles. The second kappa shape index (κ2) is 8.37. The Morgan fingerprint density at radius 3 is 2.65 bits per heavy atom. The van der Waals surface area contributed by atoms with Crippen LogP contribution >= 0.6 is 0 Å². The Bertz CT molecular complexity index is 1090. The lowest BCUT2D eigenvalue weighted by Gasteiger charge is -2.32. The Morgan fingerprint density at radius 2 is 1.90 bits per heavy atom. The van der Waals surface area contributed by atoms with Gasteiger partial charge in [-0.05, 0) is 70.4 Å². The molecular weight excluding hydrogens is 386 g/mol. The average molecular weight is 420 g/mol. The van der Waals surface area contributed by atoms with Crippen molar-refractivity contribution in [1.82, 2.24) is 14.5 Å². The molecule has 164 valence electrons. The first kappa shape index (κ1) is 21.4. The van der Waals surface area contributed by atoms with Crippen molar-refractivity contribution in [3.05, 3.63) is 59.4 Å². The maximum Gasteiger partial charge on any atom is 0.223 e. The summed E-state index contributed by atoms with van der Waals surface area (Å²) in [6, 6.07) is 14.6. The van der Waals surface area contributed by atoms with E-state index in [2.05, 4.69) is 75.6 Å². The van der Waals surface area contributed by atoms with Crippen LogP contribution in [0.2, 0.25) is 0 Å². The highest BCUT2D eigenvalue weighted by molar-refractivity contribution is 5.81. The monoisotopic (exact) mass is 419 g/mol. The van der Waals surface area contributed by atoms with Gasteiger partial charge < -0.3 is 14.2 Å². The van der Waals surface area contributed by atoms with Crippen LogP contribution in [0, 0.1) is 13.8 Å². The molecule has 1 amide bonds. The highest BCUT2D eigenvalue weighted by Crippen LogP contribution is 2.34. The SMILES string of the molecule is Cc1ccc(C)c(OCCCn2c([C@H]3CC(=O)N(C(C)(C)C)C3)nc3ccccc32)c1. The van der Waals surface area contributed by atoms with Crippen molar-refractivity contribution < 1.29 is 9.53 Å². The minimum atomic E-state index is -0.164. The van der Waals surface area contributed by atoms with Gasteiger partial charge in [-0.15, -0.1) is 0 Å². The van der Waals surface area contributed by atoms with Gasteiger partial charge in [0.2, 0.25) is 5.91 Å². The smallest absolute Gasteiger partial charge is 0.223 e. The number of hydrogen-bond donors (Lipinski definition) is 0. The van der Waals surface area contributed by atoms with Crippen LogP contribution in [-0.2, 0) is 11.3 Å². The van der Waals surface area contributed by atoms with E-state index in [1.165, 1.54) is 5.56 Å². The maximum atomic E-state index is 12.7. The molecule has 5 nitrogen and oxygen atoms in total. The molecule has 1 aliphatic rings. The number of fused-ring (bicyclic) bond motifs is 1. The topological polar surface area (TPSA) is 47.4 Å². The Labute approximate surface area is 185 Å². The van der Waals surface area contributed by atoms with E-state index in [4.69, 9.17) is 9.72 Å². The number of carbonyl (C=O) groups excluding carboxylic acids is 1. The van der Waals surface area contributed by atoms with Crippen LogP contribution in [0.1, 0.15) is 56.5 Å². The number of benzene rings is 2. The summed E-state index contributed by atoms with van der Waals surface area (Å²) in [6.45, 7) is 12.6. The number of aryl methyl sites for hydroxylation is 3. The normalized spacial score (nSPS) is 17.0. The summed E-state index contributed by atoms with van der Waals surface area (Å²) in [5, 5.41) is 0. The van der Waals surface area contributed by atoms with Crippen molar-refractivity contribution in [2.24, 2.45) is 0 Å². The predicted octanol–water partition coefficient (Wildman–Crippen LogP) is 5.24. The number of carbonyl (C=O) groups is 1. The Morgan fingerprint density at radius 1 is 1.13 bits per heavy atom. The van der Waals surface area contributed by atoms with E-state index in [0.717, 1.165) is 47.7 Å². The van der Waals surface area contributed by atoms with Crippen LogP contribution in [0.25, 0.3) is 11.0 Å². The number of hydrogen-bond acceptors (Lipinski definition) is 3. The van der Waals surface area contributed by atoms with Crippen molar-refractivity contribution in [2.75, 3.05) is 13.2 Å². The minimum Gasteiger partial charge on any atom is -0.493 e. The molecule has 1 saturated heterocycles. The fraction of sp³-hybridized carbons (Fsp3) is 0.462. The molecule has 0 aliphatic carbocycles. The number of ether oxygens (including phenoxy) is 1. The van der Waals surface area contributed by atoms with E-state index in [-0.39, 0.29) is 17.4 Å². The summed E-state index contributed by atoms with van der Waals surface area (Å²) in [5.74, 6) is 2.32. The van der Waals surface area contributed by atoms with Crippen LogP contribution in [0.4, 0.5) is 0 Å². The first-order valence-corrected chi connectivity index (χ1v) is 11.2. The third kappa shape index (κ3) is 4.46. The van der Waals surface area contributed by atoms with Gasteiger partial charge in [-0.1, -0.05) is 24.3 Å². The molecule has 0 spiro atoms. The van der Waals surface area contributed by atoms with Gasteiger partial charge in [-0.25, -0.2) is 4.98 Å². The zero-order valence-electron chi connectivity index (χ0n) is 19.3. The fourth-order valence-electron chi connectivity index (χ4n) is 4.44. The van der Waals surface area contributed by atoms with E-state index in [1.807, 2.05) is 11.0 Å². The lowest BCUT2D eigenvalue weighted by molar-refractivity contribution is -0.131. The molecule has 1 aliphatic heterocycles. The summed E-state index contributed by atoms with van der Waals surface area (Å²) in [7, 11) is 0. The third-order valence-corrected chi connectivity index (χ3v) is 6.11. The minimum absolute atomic E-state index is 0.124. The zero-order valence-corrected chi connectivity index (χ0v) is 19.3.